The largest absolute Gasteiger partial charge is 0.489 e. The number of benzene rings is 1. The maximum atomic E-state index is 6.09. The van der Waals surface area contributed by atoms with E-state index in [1.54, 1.807) is 0 Å². The third kappa shape index (κ3) is 4.86. The fourth-order valence-electron chi connectivity index (χ4n) is 1.79. The highest BCUT2D eigenvalue weighted by Crippen LogP contribution is 2.30. The van der Waals surface area contributed by atoms with Crippen LogP contribution in [0.4, 0.5) is 11.4 Å². The quantitative estimate of drug-likeness (QED) is 0.570. The fourth-order valence-corrected chi connectivity index (χ4v) is 1.79. The van der Waals surface area contributed by atoms with E-state index in [0.29, 0.717) is 5.69 Å². The molecule has 0 aliphatic rings. The summed E-state index contributed by atoms with van der Waals surface area (Å²) in [6, 6.07) is 5.88. The Morgan fingerprint density at radius 1 is 1.22 bits per heavy atom. The van der Waals surface area contributed by atoms with Crippen LogP contribution < -0.4 is 15.8 Å². The number of nitrogen functional groups attached to an aromatic ring is 1. The van der Waals surface area contributed by atoms with Gasteiger partial charge in [-0.05, 0) is 44.7 Å². The Hall–Kier alpha value is -1.38. The van der Waals surface area contributed by atoms with Crippen LogP contribution in [0.5, 0.6) is 5.75 Å². The average Bonchev–Trinajstić information content (AvgIpc) is 2.28. The van der Waals surface area contributed by atoms with Crippen LogP contribution >= 0.6 is 0 Å². The first kappa shape index (κ1) is 14.7. The first-order chi connectivity index (χ1) is 8.50. The van der Waals surface area contributed by atoms with E-state index in [1.807, 2.05) is 32.0 Å². The molecule has 0 aromatic heterocycles. The Balaban J connectivity index is 2.55. The number of hydrogen-bond acceptors (Lipinski definition) is 3. The molecule has 0 spiro atoms. The number of nitrogens with one attached hydrogen (secondary N) is 1. The molecular weight excluding hydrogens is 224 g/mol. The van der Waals surface area contributed by atoms with Gasteiger partial charge in [-0.25, -0.2) is 0 Å². The SMILES string of the molecule is CC(C)CCCNc1cccc(OC(C)C)c1N. The zero-order valence-corrected chi connectivity index (χ0v) is 12.0. The van der Waals surface area contributed by atoms with Crippen LogP contribution in [0.1, 0.15) is 40.5 Å². The smallest absolute Gasteiger partial charge is 0.144 e. The average molecular weight is 250 g/mol. The van der Waals surface area contributed by atoms with Gasteiger partial charge in [0.25, 0.3) is 0 Å². The summed E-state index contributed by atoms with van der Waals surface area (Å²) in [5.41, 5.74) is 7.76. The molecule has 0 saturated carbocycles. The summed E-state index contributed by atoms with van der Waals surface area (Å²) in [6.45, 7) is 9.44. The zero-order valence-electron chi connectivity index (χ0n) is 12.0. The lowest BCUT2D eigenvalue weighted by molar-refractivity contribution is 0.244. The first-order valence-corrected chi connectivity index (χ1v) is 6.79. The topological polar surface area (TPSA) is 47.3 Å². The summed E-state index contributed by atoms with van der Waals surface area (Å²) in [7, 11) is 0. The molecule has 18 heavy (non-hydrogen) atoms. The van der Waals surface area contributed by atoms with Gasteiger partial charge in [0.1, 0.15) is 5.75 Å². The molecule has 3 heteroatoms. The normalized spacial score (nSPS) is 11.0. The van der Waals surface area contributed by atoms with Gasteiger partial charge in [-0.3, -0.25) is 0 Å². The molecule has 102 valence electrons. The Morgan fingerprint density at radius 3 is 2.56 bits per heavy atom. The summed E-state index contributed by atoms with van der Waals surface area (Å²) in [5.74, 6) is 1.51. The second-order valence-electron chi connectivity index (χ2n) is 5.35. The van der Waals surface area contributed by atoms with Gasteiger partial charge in [-0.15, -0.1) is 0 Å². The molecule has 0 bridgehead atoms. The molecule has 0 saturated heterocycles. The van der Waals surface area contributed by atoms with Gasteiger partial charge in [0.2, 0.25) is 0 Å². The Labute approximate surface area is 111 Å². The van der Waals surface area contributed by atoms with E-state index in [2.05, 4.69) is 19.2 Å². The monoisotopic (exact) mass is 250 g/mol. The lowest BCUT2D eigenvalue weighted by Gasteiger charge is -2.16. The van der Waals surface area contributed by atoms with Gasteiger partial charge < -0.3 is 15.8 Å². The third-order valence-corrected chi connectivity index (χ3v) is 2.70. The Kier molecular flexibility index (Phi) is 5.83. The van der Waals surface area contributed by atoms with Crippen molar-refractivity contribution in [2.24, 2.45) is 5.92 Å². The second kappa shape index (κ2) is 7.14. The number of anilines is 2. The number of para-hydroxylation sites is 1. The van der Waals surface area contributed by atoms with Gasteiger partial charge in [-0.1, -0.05) is 19.9 Å². The minimum atomic E-state index is 0.142. The summed E-state index contributed by atoms with van der Waals surface area (Å²) >= 11 is 0. The zero-order chi connectivity index (χ0) is 13.5. The molecule has 0 unspecified atom stereocenters. The minimum absolute atomic E-state index is 0.142. The van der Waals surface area contributed by atoms with Crippen LogP contribution in [0, 0.1) is 5.92 Å². The summed E-state index contributed by atoms with van der Waals surface area (Å²) in [5, 5.41) is 3.38. The van der Waals surface area contributed by atoms with E-state index in [9.17, 15) is 0 Å². The highest BCUT2D eigenvalue weighted by molar-refractivity contribution is 5.72. The number of hydrogen-bond donors (Lipinski definition) is 2. The van der Waals surface area contributed by atoms with E-state index < -0.39 is 0 Å². The molecule has 0 aliphatic heterocycles. The lowest BCUT2D eigenvalue weighted by Crippen LogP contribution is -2.10. The van der Waals surface area contributed by atoms with Gasteiger partial charge in [0.05, 0.1) is 17.5 Å². The molecule has 1 aromatic rings. The number of rotatable bonds is 7. The van der Waals surface area contributed by atoms with Crippen LogP contribution in [0.25, 0.3) is 0 Å². The van der Waals surface area contributed by atoms with E-state index in [1.165, 1.54) is 6.42 Å². The summed E-state index contributed by atoms with van der Waals surface area (Å²) < 4.78 is 5.67. The highest BCUT2D eigenvalue weighted by Gasteiger charge is 2.07. The maximum Gasteiger partial charge on any atom is 0.144 e. The van der Waals surface area contributed by atoms with E-state index in [0.717, 1.165) is 30.3 Å². The molecule has 3 nitrogen and oxygen atoms in total. The van der Waals surface area contributed by atoms with Gasteiger partial charge in [0, 0.05) is 6.54 Å². The molecule has 3 N–H and O–H groups in total. The van der Waals surface area contributed by atoms with Crippen molar-refractivity contribution in [3.05, 3.63) is 18.2 Å². The highest BCUT2D eigenvalue weighted by atomic mass is 16.5. The Bertz CT molecular complexity index is 362. The summed E-state index contributed by atoms with van der Waals surface area (Å²) in [4.78, 5) is 0. The van der Waals surface area contributed by atoms with Crippen molar-refractivity contribution in [1.29, 1.82) is 0 Å². The maximum absolute atomic E-state index is 6.09. The summed E-state index contributed by atoms with van der Waals surface area (Å²) in [6.07, 6.45) is 2.53. The van der Waals surface area contributed by atoms with E-state index in [-0.39, 0.29) is 6.10 Å². The van der Waals surface area contributed by atoms with Crippen LogP contribution in [0.15, 0.2) is 18.2 Å². The first-order valence-electron chi connectivity index (χ1n) is 6.79. The fraction of sp³-hybridized carbons (Fsp3) is 0.600. The van der Waals surface area contributed by atoms with Crippen molar-refractivity contribution >= 4 is 11.4 Å². The van der Waals surface area contributed by atoms with Crippen LogP contribution in [-0.2, 0) is 0 Å². The lowest BCUT2D eigenvalue weighted by atomic mass is 10.1. The standard InChI is InChI=1S/C15H26N2O/c1-11(2)7-6-10-17-13-8-5-9-14(15(13)16)18-12(3)4/h5,8-9,11-12,17H,6-7,10,16H2,1-4H3. The van der Waals surface area contributed by atoms with Crippen LogP contribution in [0.3, 0.4) is 0 Å². The third-order valence-electron chi connectivity index (χ3n) is 2.70. The van der Waals surface area contributed by atoms with Gasteiger partial charge in [-0.2, -0.15) is 0 Å². The van der Waals surface area contributed by atoms with Crippen LogP contribution in [-0.4, -0.2) is 12.6 Å². The molecule has 1 aromatic carbocycles. The number of ether oxygens (including phenoxy) is 1. The van der Waals surface area contributed by atoms with Gasteiger partial charge >= 0.3 is 0 Å². The predicted molar refractivity (Wildman–Crippen MR) is 79.2 cm³/mol. The minimum Gasteiger partial charge on any atom is -0.489 e. The van der Waals surface area contributed by atoms with Crippen molar-refractivity contribution in [1.82, 2.24) is 0 Å². The number of nitrogens with two attached hydrogens (primary N) is 1. The molecule has 0 fully saturated rings. The Morgan fingerprint density at radius 2 is 1.94 bits per heavy atom. The molecule has 0 aliphatic carbocycles. The van der Waals surface area contributed by atoms with Gasteiger partial charge in [0.15, 0.2) is 0 Å². The predicted octanol–water partition coefficient (Wildman–Crippen LogP) is 3.90. The van der Waals surface area contributed by atoms with Crippen LogP contribution in [0.2, 0.25) is 0 Å². The van der Waals surface area contributed by atoms with Crippen molar-refractivity contribution in [3.8, 4) is 5.75 Å². The van der Waals surface area contributed by atoms with Crippen molar-refractivity contribution in [2.45, 2.75) is 46.6 Å². The second-order valence-corrected chi connectivity index (χ2v) is 5.35. The van der Waals surface area contributed by atoms with Crippen molar-refractivity contribution in [2.75, 3.05) is 17.6 Å². The molecule has 0 amide bonds. The molecular formula is C15H26N2O. The molecule has 0 radical (unpaired) electrons. The van der Waals surface area contributed by atoms with Crippen molar-refractivity contribution in [3.63, 3.8) is 0 Å². The van der Waals surface area contributed by atoms with E-state index in [4.69, 9.17) is 10.5 Å². The molecule has 0 atom stereocenters. The molecule has 0 heterocycles. The molecule has 1 rings (SSSR count). The van der Waals surface area contributed by atoms with Crippen molar-refractivity contribution < 1.29 is 4.74 Å². The van der Waals surface area contributed by atoms with E-state index >= 15 is 0 Å².